The first-order valence-corrected chi connectivity index (χ1v) is 7.15. The van der Waals surface area contributed by atoms with Crippen molar-refractivity contribution in [1.82, 2.24) is 4.90 Å². The Hall–Kier alpha value is -1.03. The molecule has 1 atom stereocenters. The molecule has 4 heteroatoms. The third kappa shape index (κ3) is 2.26. The Morgan fingerprint density at radius 1 is 1.50 bits per heavy atom. The number of rotatable bonds is 3. The highest BCUT2D eigenvalue weighted by Crippen LogP contribution is 2.35. The van der Waals surface area contributed by atoms with E-state index in [1.54, 1.807) is 4.90 Å². The second kappa shape index (κ2) is 4.92. The topological polar surface area (TPSA) is 29.5 Å². The molecule has 1 aliphatic rings. The minimum absolute atomic E-state index is 0.115. The van der Waals surface area contributed by atoms with Gasteiger partial charge in [0.1, 0.15) is 18.3 Å². The van der Waals surface area contributed by atoms with E-state index in [0.29, 0.717) is 6.61 Å². The molecule has 0 bridgehead atoms. The first kappa shape index (κ1) is 13.4. The third-order valence-electron chi connectivity index (χ3n) is 3.56. The van der Waals surface area contributed by atoms with Crippen molar-refractivity contribution in [3.63, 3.8) is 0 Å². The average molecular weight is 312 g/mol. The number of amides is 1. The maximum Gasteiger partial charge on any atom is 0.233 e. The summed E-state index contributed by atoms with van der Waals surface area (Å²) in [6, 6.07) is 7.76. The van der Waals surface area contributed by atoms with Crippen LogP contribution < -0.4 is 4.74 Å². The van der Waals surface area contributed by atoms with Gasteiger partial charge in [-0.15, -0.1) is 0 Å². The van der Waals surface area contributed by atoms with Crippen molar-refractivity contribution in [2.24, 2.45) is 0 Å². The summed E-state index contributed by atoms with van der Waals surface area (Å²) in [5.74, 6) is 0.773. The lowest BCUT2D eigenvalue weighted by Gasteiger charge is -2.35. The number of ether oxygens (including phenoxy) is 1. The molecule has 1 aromatic carbocycles. The Balaban J connectivity index is 2.22. The van der Waals surface area contributed by atoms with Crippen LogP contribution in [0.2, 0.25) is 0 Å². The van der Waals surface area contributed by atoms with Gasteiger partial charge in [0.25, 0.3) is 0 Å². The molecular formula is C14H18BrNO2. The molecule has 3 nitrogen and oxygen atoms in total. The molecule has 0 saturated carbocycles. The molecule has 1 aliphatic heterocycles. The summed E-state index contributed by atoms with van der Waals surface area (Å²) in [5, 5.41) is 0.747. The van der Waals surface area contributed by atoms with Crippen molar-refractivity contribution in [2.45, 2.75) is 25.3 Å². The van der Waals surface area contributed by atoms with Gasteiger partial charge < -0.3 is 9.64 Å². The highest BCUT2D eigenvalue weighted by atomic mass is 79.9. The van der Waals surface area contributed by atoms with E-state index >= 15 is 0 Å². The van der Waals surface area contributed by atoms with E-state index in [9.17, 15) is 4.79 Å². The number of fused-ring (bicyclic) bond motifs is 1. The van der Waals surface area contributed by atoms with Crippen molar-refractivity contribution in [3.8, 4) is 5.75 Å². The molecule has 0 radical (unpaired) electrons. The molecule has 0 saturated heterocycles. The van der Waals surface area contributed by atoms with Crippen molar-refractivity contribution < 1.29 is 9.53 Å². The number of hydrogen-bond donors (Lipinski definition) is 0. The van der Waals surface area contributed by atoms with Crippen LogP contribution in [0.25, 0.3) is 0 Å². The highest BCUT2D eigenvalue weighted by Gasteiger charge is 2.36. The minimum Gasteiger partial charge on any atom is -0.492 e. The summed E-state index contributed by atoms with van der Waals surface area (Å²) in [6.45, 7) is 4.53. The lowest BCUT2D eigenvalue weighted by molar-refractivity contribution is -0.135. The second-order valence-corrected chi connectivity index (χ2v) is 5.81. The van der Waals surface area contributed by atoms with Gasteiger partial charge in [0.15, 0.2) is 0 Å². The van der Waals surface area contributed by atoms with Gasteiger partial charge in [0.05, 0.1) is 0 Å². The standard InChI is InChI=1S/C14H18BrNO2/c1-14(2,9-15)16(3)13(17)11-8-18-12-7-5-4-6-10(11)12/h4-7,11H,8-9H2,1-3H3. The van der Waals surface area contributed by atoms with Gasteiger partial charge >= 0.3 is 0 Å². The molecule has 1 aromatic rings. The quantitative estimate of drug-likeness (QED) is 0.803. The minimum atomic E-state index is -0.200. The molecule has 0 fully saturated rings. The Kier molecular flexibility index (Phi) is 3.66. The fraction of sp³-hybridized carbons (Fsp3) is 0.500. The maximum atomic E-state index is 12.5. The normalized spacial score (nSPS) is 18.1. The Bertz CT molecular complexity index is 459. The zero-order valence-corrected chi connectivity index (χ0v) is 12.5. The Morgan fingerprint density at radius 3 is 2.83 bits per heavy atom. The van der Waals surface area contributed by atoms with E-state index in [-0.39, 0.29) is 17.4 Å². The molecule has 0 aliphatic carbocycles. The maximum absolute atomic E-state index is 12.5. The van der Waals surface area contributed by atoms with Crippen LogP contribution >= 0.6 is 15.9 Å². The molecule has 98 valence electrons. The summed E-state index contributed by atoms with van der Waals surface area (Å²) >= 11 is 3.45. The number of likely N-dealkylation sites (N-methyl/N-ethyl adjacent to an activating group) is 1. The van der Waals surface area contributed by atoms with Crippen molar-refractivity contribution in [3.05, 3.63) is 29.8 Å². The number of carbonyl (C=O) groups excluding carboxylic acids is 1. The van der Waals surface area contributed by atoms with Crippen molar-refractivity contribution in [1.29, 1.82) is 0 Å². The van der Waals surface area contributed by atoms with Crippen LogP contribution in [0.4, 0.5) is 0 Å². The SMILES string of the molecule is CN(C(=O)C1COc2ccccc21)C(C)(C)CBr. The fourth-order valence-electron chi connectivity index (χ4n) is 1.99. The zero-order valence-electron chi connectivity index (χ0n) is 10.9. The third-order valence-corrected chi connectivity index (χ3v) is 4.94. The lowest BCUT2D eigenvalue weighted by atomic mass is 9.97. The van der Waals surface area contributed by atoms with Gasteiger partial charge in [-0.05, 0) is 19.9 Å². The molecule has 1 heterocycles. The van der Waals surface area contributed by atoms with Crippen LogP contribution in [0.15, 0.2) is 24.3 Å². The molecular weight excluding hydrogens is 294 g/mol. The molecule has 2 rings (SSSR count). The van der Waals surface area contributed by atoms with Crippen LogP contribution in [-0.2, 0) is 4.79 Å². The monoisotopic (exact) mass is 311 g/mol. The summed E-state index contributed by atoms with van der Waals surface area (Å²) in [7, 11) is 1.85. The smallest absolute Gasteiger partial charge is 0.233 e. The Labute approximate surface area is 116 Å². The van der Waals surface area contributed by atoms with Gasteiger partial charge in [-0.3, -0.25) is 4.79 Å². The molecule has 0 aromatic heterocycles. The predicted octanol–water partition coefficient (Wildman–Crippen LogP) is 2.79. The summed E-state index contributed by atoms with van der Waals surface area (Å²) in [4.78, 5) is 14.3. The van der Waals surface area contributed by atoms with Gasteiger partial charge in [-0.25, -0.2) is 0 Å². The number of para-hydroxylation sites is 1. The molecule has 1 amide bonds. The van der Waals surface area contributed by atoms with E-state index in [1.165, 1.54) is 0 Å². The zero-order chi connectivity index (χ0) is 13.3. The highest BCUT2D eigenvalue weighted by molar-refractivity contribution is 9.09. The fourth-order valence-corrected chi connectivity index (χ4v) is 2.36. The van der Waals surface area contributed by atoms with Crippen molar-refractivity contribution >= 4 is 21.8 Å². The number of carbonyl (C=O) groups is 1. The second-order valence-electron chi connectivity index (χ2n) is 5.24. The number of alkyl halides is 1. The van der Waals surface area contributed by atoms with E-state index in [4.69, 9.17) is 4.74 Å². The van der Waals surface area contributed by atoms with Crippen LogP contribution in [0.3, 0.4) is 0 Å². The van der Waals surface area contributed by atoms with E-state index < -0.39 is 0 Å². The van der Waals surface area contributed by atoms with Crippen LogP contribution in [0.5, 0.6) is 5.75 Å². The predicted molar refractivity (Wildman–Crippen MR) is 75.3 cm³/mol. The molecule has 0 N–H and O–H groups in total. The lowest BCUT2D eigenvalue weighted by Crippen LogP contribution is -2.48. The summed E-state index contributed by atoms with van der Waals surface area (Å²) < 4.78 is 5.57. The molecule has 1 unspecified atom stereocenters. The summed E-state index contributed by atoms with van der Waals surface area (Å²) in [5.41, 5.74) is 0.800. The number of nitrogens with zero attached hydrogens (tertiary/aromatic N) is 1. The van der Waals surface area contributed by atoms with Crippen LogP contribution in [-0.4, -0.2) is 35.3 Å². The largest absolute Gasteiger partial charge is 0.492 e. The first-order valence-electron chi connectivity index (χ1n) is 6.03. The van der Waals surface area contributed by atoms with E-state index in [2.05, 4.69) is 15.9 Å². The molecule has 18 heavy (non-hydrogen) atoms. The number of hydrogen-bond acceptors (Lipinski definition) is 2. The number of halogens is 1. The van der Waals surface area contributed by atoms with Crippen LogP contribution in [0, 0.1) is 0 Å². The molecule has 0 spiro atoms. The van der Waals surface area contributed by atoms with Gasteiger partial charge in [-0.2, -0.15) is 0 Å². The first-order chi connectivity index (χ1) is 8.47. The van der Waals surface area contributed by atoms with Gasteiger partial charge in [-0.1, -0.05) is 34.1 Å². The van der Waals surface area contributed by atoms with Gasteiger partial charge in [0, 0.05) is 23.5 Å². The average Bonchev–Trinajstić information content (AvgIpc) is 2.80. The van der Waals surface area contributed by atoms with Crippen molar-refractivity contribution in [2.75, 3.05) is 19.0 Å². The number of benzene rings is 1. The Morgan fingerprint density at radius 2 is 2.17 bits per heavy atom. The summed E-state index contributed by atoms with van der Waals surface area (Å²) in [6.07, 6.45) is 0. The van der Waals surface area contributed by atoms with E-state index in [0.717, 1.165) is 16.6 Å². The van der Waals surface area contributed by atoms with Gasteiger partial charge in [0.2, 0.25) is 5.91 Å². The van der Waals surface area contributed by atoms with E-state index in [1.807, 2.05) is 45.2 Å². The van der Waals surface area contributed by atoms with Crippen LogP contribution in [0.1, 0.15) is 25.3 Å².